The predicted molar refractivity (Wildman–Crippen MR) is 72.9 cm³/mol. The fourth-order valence-electron chi connectivity index (χ4n) is 2.68. The molecule has 0 fully saturated rings. The number of aryl methyl sites for hydroxylation is 2. The summed E-state index contributed by atoms with van der Waals surface area (Å²) in [6, 6.07) is 11.9. The van der Waals surface area contributed by atoms with E-state index in [0.717, 1.165) is 12.8 Å². The number of rotatable bonds is 2. The third-order valence-electron chi connectivity index (χ3n) is 3.73. The van der Waals surface area contributed by atoms with Gasteiger partial charge in [0.25, 0.3) is 0 Å². The molecule has 2 heteroatoms. The number of carbonyl (C=O) groups excluding carboxylic acids is 1. The van der Waals surface area contributed by atoms with E-state index in [2.05, 4.69) is 0 Å². The van der Waals surface area contributed by atoms with Crippen molar-refractivity contribution in [2.75, 3.05) is 0 Å². The van der Waals surface area contributed by atoms with Crippen LogP contribution in [0.4, 0.5) is 4.39 Å². The first-order valence-electron chi connectivity index (χ1n) is 6.67. The maximum absolute atomic E-state index is 13.6. The molecule has 3 rings (SSSR count). The van der Waals surface area contributed by atoms with Gasteiger partial charge in [0.2, 0.25) is 0 Å². The average Bonchev–Trinajstić information content (AvgIpc) is 2.46. The largest absolute Gasteiger partial charge is 0.288 e. The normalized spacial score (nSPS) is 13.9. The summed E-state index contributed by atoms with van der Waals surface area (Å²) in [5.41, 5.74) is 3.31. The molecular formula is C17H15FO. The molecular weight excluding hydrogens is 239 g/mol. The first-order chi connectivity index (χ1) is 9.25. The van der Waals surface area contributed by atoms with Crippen LogP contribution >= 0.6 is 0 Å². The summed E-state index contributed by atoms with van der Waals surface area (Å²) in [6.45, 7) is 0. The van der Waals surface area contributed by atoms with Crippen molar-refractivity contribution in [3.63, 3.8) is 0 Å². The lowest BCUT2D eigenvalue weighted by atomic mass is 9.89. The van der Waals surface area contributed by atoms with E-state index >= 15 is 0 Å². The summed E-state index contributed by atoms with van der Waals surface area (Å²) in [5, 5.41) is 0. The molecule has 0 spiro atoms. The molecule has 0 aliphatic heterocycles. The Morgan fingerprint density at radius 3 is 2.47 bits per heavy atom. The van der Waals surface area contributed by atoms with Crippen LogP contribution in [0.3, 0.4) is 0 Å². The molecule has 1 nitrogen and oxygen atoms in total. The number of hydrogen-bond acceptors (Lipinski definition) is 1. The topological polar surface area (TPSA) is 17.1 Å². The first kappa shape index (κ1) is 12.1. The Hall–Kier alpha value is -1.96. The van der Waals surface area contributed by atoms with E-state index < -0.39 is 5.82 Å². The third kappa shape index (κ3) is 2.30. The minimum atomic E-state index is -0.453. The summed E-state index contributed by atoms with van der Waals surface area (Å²) in [5.74, 6) is -0.684. The molecule has 19 heavy (non-hydrogen) atoms. The van der Waals surface area contributed by atoms with E-state index in [-0.39, 0.29) is 11.3 Å². The van der Waals surface area contributed by atoms with Gasteiger partial charge in [0.05, 0.1) is 5.56 Å². The third-order valence-corrected chi connectivity index (χ3v) is 3.73. The Bertz CT molecular complexity index is 631. The van der Waals surface area contributed by atoms with Crippen molar-refractivity contribution in [1.29, 1.82) is 0 Å². The molecule has 2 aromatic carbocycles. The van der Waals surface area contributed by atoms with Crippen LogP contribution in [0.25, 0.3) is 0 Å². The maximum atomic E-state index is 13.6. The zero-order valence-corrected chi connectivity index (χ0v) is 10.7. The molecule has 1 aliphatic carbocycles. The van der Waals surface area contributed by atoms with Crippen LogP contribution in [0.15, 0.2) is 42.5 Å². The van der Waals surface area contributed by atoms with Crippen molar-refractivity contribution < 1.29 is 9.18 Å². The highest BCUT2D eigenvalue weighted by atomic mass is 19.1. The van der Waals surface area contributed by atoms with Gasteiger partial charge in [-0.1, -0.05) is 24.3 Å². The lowest BCUT2D eigenvalue weighted by molar-refractivity contribution is 0.103. The number of fused-ring (bicyclic) bond motifs is 1. The second-order valence-electron chi connectivity index (χ2n) is 5.00. The van der Waals surface area contributed by atoms with Crippen molar-refractivity contribution in [2.45, 2.75) is 25.7 Å². The van der Waals surface area contributed by atoms with Gasteiger partial charge in [-0.25, -0.2) is 4.39 Å². The smallest absolute Gasteiger partial charge is 0.195 e. The Morgan fingerprint density at radius 2 is 1.68 bits per heavy atom. The number of hydrogen-bond donors (Lipinski definition) is 0. The highest BCUT2D eigenvalue weighted by molar-refractivity contribution is 6.09. The summed E-state index contributed by atoms with van der Waals surface area (Å²) in [4.78, 5) is 12.3. The zero-order chi connectivity index (χ0) is 13.2. The molecule has 0 atom stereocenters. The molecule has 0 bridgehead atoms. The highest BCUT2D eigenvalue weighted by Crippen LogP contribution is 2.23. The van der Waals surface area contributed by atoms with Crippen LogP contribution in [0.1, 0.15) is 39.9 Å². The van der Waals surface area contributed by atoms with Crippen molar-refractivity contribution in [3.05, 3.63) is 70.5 Å². The van der Waals surface area contributed by atoms with Gasteiger partial charge in [0.15, 0.2) is 5.78 Å². The molecule has 0 saturated carbocycles. The van der Waals surface area contributed by atoms with Crippen LogP contribution < -0.4 is 0 Å². The van der Waals surface area contributed by atoms with Gasteiger partial charge in [-0.15, -0.1) is 0 Å². The minimum absolute atomic E-state index is 0.151. The molecule has 2 aromatic rings. The van der Waals surface area contributed by atoms with Crippen LogP contribution in [0.2, 0.25) is 0 Å². The van der Waals surface area contributed by atoms with E-state index in [1.165, 1.54) is 36.1 Å². The van der Waals surface area contributed by atoms with Gasteiger partial charge >= 0.3 is 0 Å². The molecule has 1 aliphatic rings. The van der Waals surface area contributed by atoms with E-state index in [1.807, 2.05) is 18.2 Å². The fourth-order valence-corrected chi connectivity index (χ4v) is 2.68. The maximum Gasteiger partial charge on any atom is 0.195 e. The Kier molecular flexibility index (Phi) is 3.16. The molecule has 0 saturated heterocycles. The van der Waals surface area contributed by atoms with Crippen molar-refractivity contribution in [1.82, 2.24) is 0 Å². The van der Waals surface area contributed by atoms with E-state index in [1.54, 1.807) is 12.1 Å². The molecule has 0 heterocycles. The lowest BCUT2D eigenvalue weighted by Gasteiger charge is -2.16. The molecule has 0 radical (unpaired) electrons. The average molecular weight is 254 g/mol. The monoisotopic (exact) mass is 254 g/mol. The van der Waals surface area contributed by atoms with E-state index in [4.69, 9.17) is 0 Å². The molecule has 0 unspecified atom stereocenters. The van der Waals surface area contributed by atoms with Crippen LogP contribution in [0.5, 0.6) is 0 Å². The molecule has 0 aromatic heterocycles. The van der Waals surface area contributed by atoms with Gasteiger partial charge < -0.3 is 0 Å². The summed E-state index contributed by atoms with van der Waals surface area (Å²) < 4.78 is 13.6. The molecule has 0 N–H and O–H groups in total. The number of ketones is 1. The van der Waals surface area contributed by atoms with Gasteiger partial charge in [-0.2, -0.15) is 0 Å². The Morgan fingerprint density at radius 1 is 0.947 bits per heavy atom. The summed E-state index contributed by atoms with van der Waals surface area (Å²) in [6.07, 6.45) is 4.50. The Balaban J connectivity index is 1.98. The van der Waals surface area contributed by atoms with Crippen molar-refractivity contribution >= 4 is 5.78 Å². The first-order valence-corrected chi connectivity index (χ1v) is 6.67. The predicted octanol–water partition coefficient (Wildman–Crippen LogP) is 3.94. The summed E-state index contributed by atoms with van der Waals surface area (Å²) >= 11 is 0. The minimum Gasteiger partial charge on any atom is -0.288 e. The van der Waals surface area contributed by atoms with E-state index in [9.17, 15) is 9.18 Å². The zero-order valence-electron chi connectivity index (χ0n) is 10.7. The summed E-state index contributed by atoms with van der Waals surface area (Å²) in [7, 11) is 0. The molecule has 96 valence electrons. The van der Waals surface area contributed by atoms with Gasteiger partial charge in [0.1, 0.15) is 5.82 Å². The quantitative estimate of drug-likeness (QED) is 0.742. The SMILES string of the molecule is O=C(c1ccc2c(c1)CCCC2)c1ccccc1F. The second-order valence-corrected chi connectivity index (χ2v) is 5.00. The van der Waals surface area contributed by atoms with Crippen LogP contribution in [0, 0.1) is 5.82 Å². The van der Waals surface area contributed by atoms with Gasteiger partial charge in [-0.3, -0.25) is 4.79 Å². The van der Waals surface area contributed by atoms with Crippen molar-refractivity contribution in [2.24, 2.45) is 0 Å². The van der Waals surface area contributed by atoms with E-state index in [0.29, 0.717) is 5.56 Å². The number of benzene rings is 2. The highest BCUT2D eigenvalue weighted by Gasteiger charge is 2.16. The Labute approximate surface area is 112 Å². The standard InChI is InChI=1S/C17H15FO/c18-16-8-4-3-7-15(16)17(19)14-10-9-12-5-1-2-6-13(12)11-14/h3-4,7-11H,1-2,5-6H2. The lowest BCUT2D eigenvalue weighted by Crippen LogP contribution is -2.08. The fraction of sp³-hybridized carbons (Fsp3) is 0.235. The van der Waals surface area contributed by atoms with Gasteiger partial charge in [-0.05, 0) is 55.0 Å². The number of halogens is 1. The second kappa shape index (κ2) is 4.96. The van der Waals surface area contributed by atoms with Crippen LogP contribution in [-0.2, 0) is 12.8 Å². The van der Waals surface area contributed by atoms with Gasteiger partial charge in [0, 0.05) is 5.56 Å². The molecule has 0 amide bonds. The van der Waals surface area contributed by atoms with Crippen molar-refractivity contribution in [3.8, 4) is 0 Å². The van der Waals surface area contributed by atoms with Crippen LogP contribution in [-0.4, -0.2) is 5.78 Å². The number of carbonyl (C=O) groups is 1.